The van der Waals surface area contributed by atoms with Gasteiger partial charge in [0.25, 0.3) is 0 Å². The average molecular weight is 326 g/mol. The van der Waals surface area contributed by atoms with Crippen LogP contribution in [0.1, 0.15) is 5.56 Å². The molecule has 1 aromatic rings. The van der Waals surface area contributed by atoms with Crippen molar-refractivity contribution < 1.29 is 35.8 Å². The molecule has 0 atom stereocenters. The minimum atomic E-state index is -4.95. The van der Waals surface area contributed by atoms with Crippen LogP contribution >= 0.6 is 12.4 Å². The Hall–Kier alpha value is -1.35. The van der Waals surface area contributed by atoms with Crippen molar-refractivity contribution in [3.8, 4) is 11.5 Å². The summed E-state index contributed by atoms with van der Waals surface area (Å²) in [5, 5.41) is 0. The lowest BCUT2D eigenvalue weighted by Gasteiger charge is -2.13. The van der Waals surface area contributed by atoms with Gasteiger partial charge in [0, 0.05) is 12.6 Å². The molecule has 116 valence electrons. The van der Waals surface area contributed by atoms with Crippen molar-refractivity contribution in [2.24, 2.45) is 5.73 Å². The lowest BCUT2D eigenvalue weighted by Crippen LogP contribution is -2.20. The summed E-state index contributed by atoms with van der Waals surface area (Å²) in [7, 11) is 0. The van der Waals surface area contributed by atoms with Crippen LogP contribution in [0, 0.1) is 0 Å². The molecular formula is C10H10ClF6NO2. The summed E-state index contributed by atoms with van der Waals surface area (Å²) in [5.74, 6) is -1.09. The van der Waals surface area contributed by atoms with E-state index in [0.717, 1.165) is 12.1 Å². The van der Waals surface area contributed by atoms with Gasteiger partial charge in [0.1, 0.15) is 11.5 Å². The fraction of sp³-hybridized carbons (Fsp3) is 0.400. The van der Waals surface area contributed by atoms with Gasteiger partial charge in [0.05, 0.1) is 0 Å². The van der Waals surface area contributed by atoms with Crippen LogP contribution in [-0.2, 0) is 6.54 Å². The maximum absolute atomic E-state index is 12.0. The highest BCUT2D eigenvalue weighted by molar-refractivity contribution is 5.85. The van der Waals surface area contributed by atoms with Crippen LogP contribution in [0.5, 0.6) is 11.5 Å². The average Bonchev–Trinajstić information content (AvgIpc) is 2.22. The van der Waals surface area contributed by atoms with Crippen molar-refractivity contribution in [1.29, 1.82) is 0 Å². The molecule has 0 amide bonds. The topological polar surface area (TPSA) is 44.5 Å². The lowest BCUT2D eigenvalue weighted by molar-refractivity contribution is -0.274. The van der Waals surface area contributed by atoms with E-state index in [9.17, 15) is 26.3 Å². The Labute approximate surface area is 116 Å². The second kappa shape index (κ2) is 6.89. The number of nitrogens with two attached hydrogens (primary N) is 1. The second-order valence-corrected chi connectivity index (χ2v) is 3.47. The first-order valence-corrected chi connectivity index (χ1v) is 4.88. The standard InChI is InChI=1S/C10H9F6NO2.ClH/c11-9(12,13)5-18-7-1-6(4-17)2-8(3-7)19-10(14,15)16;/h1-3H,4-5,17H2;1H. The predicted molar refractivity (Wildman–Crippen MR) is 59.8 cm³/mol. The quantitative estimate of drug-likeness (QED) is 0.863. The summed E-state index contributed by atoms with van der Waals surface area (Å²) in [6.45, 7) is -1.79. The Balaban J connectivity index is 0.00000361. The number of rotatable bonds is 4. The molecule has 0 saturated heterocycles. The van der Waals surface area contributed by atoms with E-state index in [0.29, 0.717) is 6.07 Å². The van der Waals surface area contributed by atoms with Crippen LogP contribution < -0.4 is 15.2 Å². The Kier molecular flexibility index (Phi) is 6.42. The van der Waals surface area contributed by atoms with Crippen LogP contribution in [0.3, 0.4) is 0 Å². The zero-order valence-electron chi connectivity index (χ0n) is 9.72. The molecule has 0 bridgehead atoms. The van der Waals surface area contributed by atoms with Gasteiger partial charge < -0.3 is 15.2 Å². The summed E-state index contributed by atoms with van der Waals surface area (Å²) in [5.41, 5.74) is 5.37. The Bertz CT molecular complexity index is 435. The number of hydrogen-bond acceptors (Lipinski definition) is 3. The van der Waals surface area contributed by atoms with Gasteiger partial charge in [-0.05, 0) is 17.7 Å². The highest BCUT2D eigenvalue weighted by atomic mass is 35.5. The van der Waals surface area contributed by atoms with Crippen LogP contribution in [-0.4, -0.2) is 19.1 Å². The van der Waals surface area contributed by atoms with Gasteiger partial charge in [-0.1, -0.05) is 0 Å². The zero-order valence-corrected chi connectivity index (χ0v) is 10.5. The van der Waals surface area contributed by atoms with E-state index in [2.05, 4.69) is 9.47 Å². The first-order chi connectivity index (χ1) is 8.59. The van der Waals surface area contributed by atoms with E-state index < -0.39 is 30.6 Å². The molecule has 2 N–H and O–H groups in total. The third-order valence-corrected chi connectivity index (χ3v) is 1.81. The van der Waals surface area contributed by atoms with Crippen molar-refractivity contribution >= 4 is 12.4 Å². The molecule has 3 nitrogen and oxygen atoms in total. The van der Waals surface area contributed by atoms with Gasteiger partial charge in [-0.2, -0.15) is 13.2 Å². The van der Waals surface area contributed by atoms with E-state index in [1.807, 2.05) is 0 Å². The molecule has 0 saturated carbocycles. The summed E-state index contributed by atoms with van der Waals surface area (Å²) < 4.78 is 79.8. The van der Waals surface area contributed by atoms with E-state index in [1.165, 1.54) is 0 Å². The molecule has 1 rings (SSSR count). The van der Waals surface area contributed by atoms with Gasteiger partial charge in [0.15, 0.2) is 6.61 Å². The molecule has 0 heterocycles. The number of hydrogen-bond donors (Lipinski definition) is 1. The van der Waals surface area contributed by atoms with Crippen molar-refractivity contribution in [2.45, 2.75) is 19.1 Å². The minimum Gasteiger partial charge on any atom is -0.484 e. The van der Waals surface area contributed by atoms with E-state index >= 15 is 0 Å². The molecule has 1 aromatic carbocycles. The van der Waals surface area contributed by atoms with Gasteiger partial charge in [-0.25, -0.2) is 0 Å². The number of benzene rings is 1. The van der Waals surface area contributed by atoms with E-state index in [1.54, 1.807) is 0 Å². The Morgan fingerprint density at radius 3 is 1.95 bits per heavy atom. The maximum Gasteiger partial charge on any atom is 0.573 e. The van der Waals surface area contributed by atoms with Gasteiger partial charge in [0.2, 0.25) is 0 Å². The van der Waals surface area contributed by atoms with Crippen molar-refractivity contribution in [1.82, 2.24) is 0 Å². The first-order valence-electron chi connectivity index (χ1n) is 4.88. The maximum atomic E-state index is 12.0. The number of ether oxygens (including phenoxy) is 2. The summed E-state index contributed by atoms with van der Waals surface area (Å²) in [4.78, 5) is 0. The smallest absolute Gasteiger partial charge is 0.484 e. The molecule has 0 spiro atoms. The van der Waals surface area contributed by atoms with Crippen molar-refractivity contribution in [3.63, 3.8) is 0 Å². The summed E-state index contributed by atoms with van der Waals surface area (Å²) in [6.07, 6.45) is -9.54. The van der Waals surface area contributed by atoms with Gasteiger partial charge in [-0.15, -0.1) is 25.6 Å². The monoisotopic (exact) mass is 325 g/mol. The molecule has 0 unspecified atom stereocenters. The first kappa shape index (κ1) is 18.7. The number of alkyl halides is 6. The summed E-state index contributed by atoms with van der Waals surface area (Å²) in [6, 6.07) is 2.78. The minimum absolute atomic E-state index is 0. The van der Waals surface area contributed by atoms with Crippen LogP contribution in [0.2, 0.25) is 0 Å². The highest BCUT2D eigenvalue weighted by Gasteiger charge is 2.32. The molecule has 0 aliphatic heterocycles. The van der Waals surface area contributed by atoms with E-state index in [4.69, 9.17) is 5.73 Å². The fourth-order valence-corrected chi connectivity index (χ4v) is 1.19. The molecule has 0 fully saturated rings. The molecule has 0 aliphatic rings. The van der Waals surface area contributed by atoms with Gasteiger partial charge >= 0.3 is 12.5 Å². The van der Waals surface area contributed by atoms with Crippen LogP contribution in [0.15, 0.2) is 18.2 Å². The highest BCUT2D eigenvalue weighted by Crippen LogP contribution is 2.29. The third kappa shape index (κ3) is 7.29. The summed E-state index contributed by atoms with van der Waals surface area (Å²) >= 11 is 0. The Morgan fingerprint density at radius 2 is 1.50 bits per heavy atom. The fourth-order valence-electron chi connectivity index (χ4n) is 1.19. The normalized spacial score (nSPS) is 11.8. The zero-order chi connectivity index (χ0) is 14.7. The number of halogens is 7. The molecule has 0 radical (unpaired) electrons. The molecule has 10 heteroatoms. The van der Waals surface area contributed by atoms with Crippen LogP contribution in [0.25, 0.3) is 0 Å². The van der Waals surface area contributed by atoms with Crippen molar-refractivity contribution in [3.05, 3.63) is 23.8 Å². The second-order valence-electron chi connectivity index (χ2n) is 3.47. The van der Waals surface area contributed by atoms with Crippen molar-refractivity contribution in [2.75, 3.05) is 6.61 Å². The predicted octanol–water partition coefficient (Wildman–Crippen LogP) is 3.41. The molecule has 0 aromatic heterocycles. The Morgan fingerprint density at radius 1 is 0.950 bits per heavy atom. The van der Waals surface area contributed by atoms with Gasteiger partial charge in [-0.3, -0.25) is 0 Å². The SMILES string of the molecule is Cl.NCc1cc(OCC(F)(F)F)cc(OC(F)(F)F)c1. The molecule has 0 aliphatic carbocycles. The largest absolute Gasteiger partial charge is 0.573 e. The van der Waals surface area contributed by atoms with Crippen LogP contribution in [0.4, 0.5) is 26.3 Å². The van der Waals surface area contributed by atoms with E-state index in [-0.39, 0.29) is 24.5 Å². The molecule has 20 heavy (non-hydrogen) atoms. The third-order valence-electron chi connectivity index (χ3n) is 1.81. The molecular weight excluding hydrogens is 316 g/mol. The lowest BCUT2D eigenvalue weighted by atomic mass is 10.2.